The fourth-order valence-electron chi connectivity index (χ4n) is 3.10. The van der Waals surface area contributed by atoms with Crippen LogP contribution in [0.3, 0.4) is 0 Å². The van der Waals surface area contributed by atoms with Gasteiger partial charge in [-0.25, -0.2) is 15.0 Å². The predicted octanol–water partition coefficient (Wildman–Crippen LogP) is 4.67. The molecule has 3 aromatic heterocycles. The second kappa shape index (κ2) is 9.23. The molecule has 1 aromatic carbocycles. The number of rotatable bonds is 6. The summed E-state index contributed by atoms with van der Waals surface area (Å²) in [5, 5.41) is 12.3. The van der Waals surface area contributed by atoms with E-state index in [4.69, 9.17) is 4.74 Å². The number of ether oxygens (including phenoxy) is 1. The van der Waals surface area contributed by atoms with Crippen molar-refractivity contribution in [3.8, 4) is 27.7 Å². The van der Waals surface area contributed by atoms with Crippen LogP contribution in [0.2, 0.25) is 0 Å². The zero-order valence-electron chi connectivity index (χ0n) is 16.6. The normalized spacial score (nSPS) is 13.4. The number of aliphatic imine (C=N–C) groups is 1. The van der Waals surface area contributed by atoms with Crippen molar-refractivity contribution in [3.63, 3.8) is 0 Å². The van der Waals surface area contributed by atoms with Crippen molar-refractivity contribution in [2.45, 2.75) is 13.0 Å². The Kier molecular flexibility index (Phi) is 5.85. The average Bonchev–Trinajstić information content (AvgIpc) is 3.49. The number of aromatic nitrogens is 3. The molecule has 1 aliphatic heterocycles. The van der Waals surface area contributed by atoms with Gasteiger partial charge in [-0.3, -0.25) is 4.99 Å². The van der Waals surface area contributed by atoms with Crippen LogP contribution in [0.5, 0.6) is 5.88 Å². The van der Waals surface area contributed by atoms with Gasteiger partial charge in [0.1, 0.15) is 11.6 Å². The second-order valence-corrected chi connectivity index (χ2v) is 8.54. The molecule has 7 nitrogen and oxygen atoms in total. The summed E-state index contributed by atoms with van der Waals surface area (Å²) in [6, 6.07) is 14.0. The molecular formula is C22H20N6OS2. The van der Waals surface area contributed by atoms with Crippen molar-refractivity contribution in [2.24, 2.45) is 4.99 Å². The summed E-state index contributed by atoms with van der Waals surface area (Å²) < 4.78 is 6.03. The Morgan fingerprint density at radius 3 is 2.84 bits per heavy atom. The minimum absolute atomic E-state index is 0.351. The molecule has 31 heavy (non-hydrogen) atoms. The van der Waals surface area contributed by atoms with E-state index in [0.29, 0.717) is 12.5 Å². The SMILES string of the molecule is c1ccc(-c2nc(COc3ncccc3-c3csc(NC4=NCCCN4)n3)cs2)cc1. The Morgan fingerprint density at radius 1 is 1.03 bits per heavy atom. The van der Waals surface area contributed by atoms with Gasteiger partial charge in [0, 0.05) is 35.6 Å². The van der Waals surface area contributed by atoms with Crippen molar-refractivity contribution in [2.75, 3.05) is 18.4 Å². The van der Waals surface area contributed by atoms with E-state index in [-0.39, 0.29) is 0 Å². The van der Waals surface area contributed by atoms with E-state index >= 15 is 0 Å². The lowest BCUT2D eigenvalue weighted by Crippen LogP contribution is -2.35. The number of thiazole rings is 2. The highest BCUT2D eigenvalue weighted by atomic mass is 32.1. The van der Waals surface area contributed by atoms with Crippen LogP contribution in [-0.4, -0.2) is 34.0 Å². The van der Waals surface area contributed by atoms with Gasteiger partial charge in [-0.15, -0.1) is 22.7 Å². The van der Waals surface area contributed by atoms with E-state index in [2.05, 4.69) is 42.7 Å². The van der Waals surface area contributed by atoms with Gasteiger partial charge in [-0.05, 0) is 18.6 Å². The molecule has 4 heterocycles. The average molecular weight is 449 g/mol. The molecule has 0 atom stereocenters. The lowest BCUT2D eigenvalue weighted by atomic mass is 10.2. The highest BCUT2D eigenvalue weighted by Gasteiger charge is 2.14. The number of nitrogens with zero attached hydrogens (tertiary/aromatic N) is 4. The number of pyridine rings is 1. The molecule has 0 saturated carbocycles. The summed E-state index contributed by atoms with van der Waals surface area (Å²) in [7, 11) is 0. The van der Waals surface area contributed by atoms with Gasteiger partial charge in [0.05, 0.1) is 17.0 Å². The van der Waals surface area contributed by atoms with E-state index < -0.39 is 0 Å². The van der Waals surface area contributed by atoms with Crippen LogP contribution in [0.15, 0.2) is 64.4 Å². The molecule has 0 aliphatic carbocycles. The maximum Gasteiger partial charge on any atom is 0.223 e. The molecule has 4 aromatic rings. The van der Waals surface area contributed by atoms with Crippen molar-refractivity contribution in [3.05, 3.63) is 65.1 Å². The van der Waals surface area contributed by atoms with Crippen LogP contribution in [-0.2, 0) is 6.61 Å². The zero-order chi connectivity index (χ0) is 20.9. The first-order valence-electron chi connectivity index (χ1n) is 9.94. The molecule has 0 fully saturated rings. The molecule has 0 bridgehead atoms. The number of benzene rings is 1. The van der Waals surface area contributed by atoms with Crippen LogP contribution in [0.25, 0.3) is 21.8 Å². The van der Waals surface area contributed by atoms with Gasteiger partial charge in [0.25, 0.3) is 0 Å². The molecule has 156 valence electrons. The Balaban J connectivity index is 1.29. The molecule has 0 saturated heterocycles. The number of anilines is 1. The quantitative estimate of drug-likeness (QED) is 0.446. The van der Waals surface area contributed by atoms with Crippen LogP contribution in [0, 0.1) is 0 Å². The molecule has 0 unspecified atom stereocenters. The van der Waals surface area contributed by atoms with Crippen molar-refractivity contribution in [1.82, 2.24) is 20.3 Å². The Bertz CT molecular complexity index is 1190. The minimum Gasteiger partial charge on any atom is -0.471 e. The first-order valence-corrected chi connectivity index (χ1v) is 11.7. The number of guanidine groups is 1. The fraction of sp³-hybridized carbons (Fsp3) is 0.182. The predicted molar refractivity (Wildman–Crippen MR) is 126 cm³/mol. The third kappa shape index (κ3) is 4.73. The monoisotopic (exact) mass is 448 g/mol. The van der Waals surface area contributed by atoms with Gasteiger partial charge >= 0.3 is 0 Å². The largest absolute Gasteiger partial charge is 0.471 e. The van der Waals surface area contributed by atoms with Gasteiger partial charge in [0.15, 0.2) is 11.1 Å². The van der Waals surface area contributed by atoms with Gasteiger partial charge in [-0.1, -0.05) is 30.3 Å². The third-order valence-corrected chi connectivity index (χ3v) is 6.30. The zero-order valence-corrected chi connectivity index (χ0v) is 18.2. The molecular weight excluding hydrogens is 428 g/mol. The first-order chi connectivity index (χ1) is 15.3. The van der Waals surface area contributed by atoms with Crippen LogP contribution >= 0.6 is 22.7 Å². The summed E-state index contributed by atoms with van der Waals surface area (Å²) in [4.78, 5) is 18.2. The van der Waals surface area contributed by atoms with Gasteiger partial charge < -0.3 is 15.4 Å². The topological polar surface area (TPSA) is 84.3 Å². The Hall–Kier alpha value is -3.30. The number of hydrogen-bond donors (Lipinski definition) is 2. The van der Waals surface area contributed by atoms with Crippen molar-refractivity contribution < 1.29 is 4.74 Å². The van der Waals surface area contributed by atoms with E-state index in [1.54, 1.807) is 17.5 Å². The first kappa shape index (κ1) is 19.7. The third-order valence-electron chi connectivity index (χ3n) is 4.60. The highest BCUT2D eigenvalue weighted by molar-refractivity contribution is 7.14. The standard InChI is InChI=1S/C22H20N6OS2/c1-2-6-15(7-3-1)20-26-16(13-30-20)12-29-19-17(8-4-9-23-19)18-14-31-22(27-18)28-21-24-10-5-11-25-21/h1-4,6-9,13-14H,5,10-12H2,(H2,24,25,27,28). The molecule has 0 amide bonds. The van der Waals surface area contributed by atoms with Crippen LogP contribution in [0.4, 0.5) is 5.13 Å². The van der Waals surface area contributed by atoms with Crippen molar-refractivity contribution in [1.29, 1.82) is 0 Å². The Labute approximate surface area is 187 Å². The minimum atomic E-state index is 0.351. The van der Waals surface area contributed by atoms with E-state index in [1.807, 2.05) is 41.1 Å². The van der Waals surface area contributed by atoms with Crippen LogP contribution in [0.1, 0.15) is 12.1 Å². The molecule has 1 aliphatic rings. The highest BCUT2D eigenvalue weighted by Crippen LogP contribution is 2.31. The molecule has 5 rings (SSSR count). The fourth-order valence-corrected chi connectivity index (χ4v) is 4.62. The second-order valence-electron chi connectivity index (χ2n) is 6.83. The van der Waals surface area contributed by atoms with Gasteiger partial charge in [-0.2, -0.15) is 0 Å². The summed E-state index contributed by atoms with van der Waals surface area (Å²) >= 11 is 3.14. The van der Waals surface area contributed by atoms with E-state index in [0.717, 1.165) is 58.1 Å². The smallest absolute Gasteiger partial charge is 0.223 e. The lowest BCUT2D eigenvalue weighted by Gasteiger charge is -2.14. The maximum atomic E-state index is 6.03. The summed E-state index contributed by atoms with van der Waals surface area (Å²) in [6.07, 6.45) is 2.78. The molecule has 0 radical (unpaired) electrons. The number of nitrogens with one attached hydrogen (secondary N) is 2. The maximum absolute atomic E-state index is 6.03. The Morgan fingerprint density at radius 2 is 1.97 bits per heavy atom. The summed E-state index contributed by atoms with van der Waals surface area (Å²) in [5.41, 5.74) is 3.65. The summed E-state index contributed by atoms with van der Waals surface area (Å²) in [5.74, 6) is 1.31. The van der Waals surface area contributed by atoms with E-state index in [9.17, 15) is 0 Å². The summed E-state index contributed by atoms with van der Waals surface area (Å²) in [6.45, 7) is 2.10. The number of hydrogen-bond acceptors (Lipinski definition) is 9. The molecule has 0 spiro atoms. The van der Waals surface area contributed by atoms with Gasteiger partial charge in [0.2, 0.25) is 5.88 Å². The van der Waals surface area contributed by atoms with Crippen LogP contribution < -0.4 is 15.4 Å². The lowest BCUT2D eigenvalue weighted by molar-refractivity contribution is 0.291. The molecule has 2 N–H and O–H groups in total. The van der Waals surface area contributed by atoms with Crippen molar-refractivity contribution >= 4 is 33.8 Å². The molecule has 9 heteroatoms. The van der Waals surface area contributed by atoms with E-state index in [1.165, 1.54) is 11.3 Å².